The Morgan fingerprint density at radius 2 is 1.40 bits per heavy atom. The summed E-state index contributed by atoms with van der Waals surface area (Å²) in [5.74, 6) is 0.875. The minimum atomic E-state index is -0.534. The molecular weight excluding hydrogens is 292 g/mol. The van der Waals surface area contributed by atoms with E-state index in [1.54, 1.807) is 12.1 Å². The molecule has 1 aromatic rings. The Morgan fingerprint density at radius 3 is 1.95 bits per heavy atom. The van der Waals surface area contributed by atoms with E-state index < -0.39 is 11.2 Å². The van der Waals surface area contributed by atoms with Gasteiger partial charge in [0.05, 0.1) is 9.79 Å². The van der Waals surface area contributed by atoms with Gasteiger partial charge >= 0.3 is 0 Å². The van der Waals surface area contributed by atoms with Crippen LogP contribution in [0.15, 0.2) is 26.7 Å². The van der Waals surface area contributed by atoms with Gasteiger partial charge in [-0.1, -0.05) is 26.7 Å². The Balaban J connectivity index is 2.98. The van der Waals surface area contributed by atoms with Crippen molar-refractivity contribution in [1.29, 1.82) is 0 Å². The van der Waals surface area contributed by atoms with Gasteiger partial charge in [0, 0.05) is 0 Å². The summed E-state index contributed by atoms with van der Waals surface area (Å²) in [5.41, 5.74) is -0.481. The molecule has 0 spiro atoms. The summed E-state index contributed by atoms with van der Waals surface area (Å²) in [4.78, 5) is 13.1. The molecule has 0 aliphatic heterocycles. The first kappa shape index (κ1) is 17.2. The molecule has 2 N–H and O–H groups in total. The van der Waals surface area contributed by atoms with Gasteiger partial charge in [-0.2, -0.15) is 0 Å². The third kappa shape index (κ3) is 4.94. The van der Waals surface area contributed by atoms with E-state index >= 15 is 0 Å². The van der Waals surface area contributed by atoms with Gasteiger partial charge in [-0.25, -0.2) is 0 Å². The van der Waals surface area contributed by atoms with E-state index in [9.17, 15) is 15.0 Å². The van der Waals surface area contributed by atoms with Crippen molar-refractivity contribution in [3.05, 3.63) is 22.4 Å². The van der Waals surface area contributed by atoms with Gasteiger partial charge < -0.3 is 10.2 Å². The maximum atomic E-state index is 12.0. The minimum Gasteiger partial charge on any atom is -0.503 e. The average Bonchev–Trinajstić information content (AvgIpc) is 2.54. The zero-order chi connectivity index (χ0) is 15.0. The molecule has 0 amide bonds. The average molecular weight is 314 g/mol. The Kier molecular flexibility index (Phi) is 7.92. The molecule has 1 aromatic carbocycles. The molecule has 0 bridgehead atoms. The van der Waals surface area contributed by atoms with Crippen LogP contribution < -0.4 is 5.43 Å². The lowest BCUT2D eigenvalue weighted by Gasteiger charge is -2.00. The SMILES string of the molecule is CCCCSc1ccc(SCCCC)c(=O)c(O)c1O. The molecule has 0 fully saturated rings. The quantitative estimate of drug-likeness (QED) is 0.555. The lowest BCUT2D eigenvalue weighted by Crippen LogP contribution is -2.00. The molecule has 0 aliphatic rings. The van der Waals surface area contributed by atoms with Crippen molar-refractivity contribution >= 4 is 23.5 Å². The van der Waals surface area contributed by atoms with Crippen LogP contribution in [0.4, 0.5) is 0 Å². The van der Waals surface area contributed by atoms with E-state index in [-0.39, 0.29) is 5.75 Å². The van der Waals surface area contributed by atoms with Crippen LogP contribution in [-0.4, -0.2) is 21.7 Å². The van der Waals surface area contributed by atoms with Gasteiger partial charge in [0.25, 0.3) is 0 Å². The zero-order valence-corrected chi connectivity index (χ0v) is 13.6. The van der Waals surface area contributed by atoms with E-state index in [1.807, 2.05) is 0 Å². The van der Waals surface area contributed by atoms with Gasteiger partial charge in [-0.15, -0.1) is 23.5 Å². The third-order valence-electron chi connectivity index (χ3n) is 2.79. The summed E-state index contributed by atoms with van der Waals surface area (Å²) in [6.07, 6.45) is 4.19. The molecule has 0 radical (unpaired) electrons. The first-order chi connectivity index (χ1) is 9.61. The van der Waals surface area contributed by atoms with Gasteiger partial charge in [0.1, 0.15) is 0 Å². The zero-order valence-electron chi connectivity index (χ0n) is 12.0. The number of rotatable bonds is 8. The fourth-order valence-corrected chi connectivity index (χ4v) is 3.63. The molecule has 0 unspecified atom stereocenters. The van der Waals surface area contributed by atoms with Gasteiger partial charge in [0.2, 0.25) is 11.2 Å². The van der Waals surface area contributed by atoms with Crippen molar-refractivity contribution in [3.63, 3.8) is 0 Å². The van der Waals surface area contributed by atoms with Crippen molar-refractivity contribution in [1.82, 2.24) is 0 Å². The number of thioether (sulfide) groups is 2. The van der Waals surface area contributed by atoms with E-state index in [2.05, 4.69) is 13.8 Å². The van der Waals surface area contributed by atoms with Gasteiger partial charge in [-0.05, 0) is 36.5 Å². The molecule has 0 saturated heterocycles. The van der Waals surface area contributed by atoms with Crippen LogP contribution in [-0.2, 0) is 0 Å². The summed E-state index contributed by atoms with van der Waals surface area (Å²) >= 11 is 2.90. The second kappa shape index (κ2) is 9.19. The highest BCUT2D eigenvalue weighted by Gasteiger charge is 2.12. The van der Waals surface area contributed by atoms with Crippen LogP contribution in [0, 0.1) is 0 Å². The Morgan fingerprint density at radius 1 is 0.900 bits per heavy atom. The van der Waals surface area contributed by atoms with Crippen LogP contribution in [0.25, 0.3) is 0 Å². The van der Waals surface area contributed by atoms with Crippen LogP contribution in [0.3, 0.4) is 0 Å². The largest absolute Gasteiger partial charge is 0.503 e. The van der Waals surface area contributed by atoms with Crippen LogP contribution in [0.1, 0.15) is 39.5 Å². The molecule has 5 heteroatoms. The molecule has 0 atom stereocenters. The van der Waals surface area contributed by atoms with Crippen molar-refractivity contribution in [3.8, 4) is 11.5 Å². The highest BCUT2D eigenvalue weighted by molar-refractivity contribution is 7.99. The number of hydrogen-bond acceptors (Lipinski definition) is 5. The second-order valence-corrected chi connectivity index (χ2v) is 6.77. The second-order valence-electron chi connectivity index (χ2n) is 4.49. The molecular formula is C15H22O3S2. The van der Waals surface area contributed by atoms with Crippen LogP contribution in [0.5, 0.6) is 11.5 Å². The lowest BCUT2D eigenvalue weighted by atomic mass is 10.4. The molecule has 0 aliphatic carbocycles. The van der Waals surface area contributed by atoms with Crippen molar-refractivity contribution in [2.75, 3.05) is 11.5 Å². The molecule has 20 heavy (non-hydrogen) atoms. The fourth-order valence-electron chi connectivity index (χ4n) is 1.53. The summed E-state index contributed by atoms with van der Waals surface area (Å²) in [7, 11) is 0. The minimum absolute atomic E-state index is 0.293. The Bertz CT molecular complexity index is 489. The first-order valence-corrected chi connectivity index (χ1v) is 8.93. The van der Waals surface area contributed by atoms with Gasteiger partial charge in [0.15, 0.2) is 5.75 Å². The third-order valence-corrected chi connectivity index (χ3v) is 5.05. The molecule has 0 saturated carbocycles. The fraction of sp³-hybridized carbons (Fsp3) is 0.533. The predicted molar refractivity (Wildman–Crippen MR) is 87.3 cm³/mol. The summed E-state index contributed by atoms with van der Waals surface area (Å²) < 4.78 is 0. The standard InChI is InChI=1S/C15H22O3S2/c1-3-5-9-19-11-7-8-12(20-10-6-4-2)14(17)15(18)13(11)16/h7-8H,3-6,9-10H2,1-2H3,(H2,16,17,18). The Labute approximate surface area is 128 Å². The monoisotopic (exact) mass is 314 g/mol. The number of hydrogen-bond donors (Lipinski definition) is 2. The molecule has 0 heterocycles. The predicted octanol–water partition coefficient (Wildman–Crippen LogP) is 4.24. The normalized spacial score (nSPS) is 10.7. The smallest absolute Gasteiger partial charge is 0.237 e. The van der Waals surface area contributed by atoms with Crippen LogP contribution >= 0.6 is 23.5 Å². The van der Waals surface area contributed by atoms with E-state index in [0.29, 0.717) is 9.79 Å². The summed E-state index contributed by atoms with van der Waals surface area (Å²) in [5, 5.41) is 19.8. The Hall–Kier alpha value is -0.810. The molecule has 112 valence electrons. The van der Waals surface area contributed by atoms with Crippen molar-refractivity contribution < 1.29 is 10.2 Å². The number of aromatic hydroxyl groups is 2. The molecule has 1 rings (SSSR count). The van der Waals surface area contributed by atoms with Crippen LogP contribution in [0.2, 0.25) is 0 Å². The maximum Gasteiger partial charge on any atom is 0.237 e. The highest BCUT2D eigenvalue weighted by Crippen LogP contribution is 2.34. The van der Waals surface area contributed by atoms with E-state index in [4.69, 9.17) is 0 Å². The molecule has 0 aromatic heterocycles. The summed E-state index contributed by atoms with van der Waals surface area (Å²) in [6.45, 7) is 4.19. The van der Waals surface area contributed by atoms with Gasteiger partial charge in [-0.3, -0.25) is 4.79 Å². The number of unbranched alkanes of at least 4 members (excludes halogenated alkanes) is 2. The molecule has 3 nitrogen and oxygen atoms in total. The van der Waals surface area contributed by atoms with E-state index in [0.717, 1.165) is 37.2 Å². The van der Waals surface area contributed by atoms with Crippen molar-refractivity contribution in [2.45, 2.75) is 49.3 Å². The maximum absolute atomic E-state index is 12.0. The first-order valence-electron chi connectivity index (χ1n) is 6.96. The van der Waals surface area contributed by atoms with E-state index in [1.165, 1.54) is 23.5 Å². The lowest BCUT2D eigenvalue weighted by molar-refractivity contribution is 0.393. The summed E-state index contributed by atoms with van der Waals surface area (Å²) in [6, 6.07) is 3.43. The van der Waals surface area contributed by atoms with Crippen molar-refractivity contribution in [2.24, 2.45) is 0 Å². The highest BCUT2D eigenvalue weighted by atomic mass is 32.2. The topological polar surface area (TPSA) is 57.5 Å².